The Morgan fingerprint density at radius 2 is 1.74 bits per heavy atom. The second-order valence-electron chi connectivity index (χ2n) is 4.33. The molecular formula is C15H10INO6. The van der Waals surface area contributed by atoms with Crippen LogP contribution >= 0.6 is 22.6 Å². The lowest BCUT2D eigenvalue weighted by Gasteiger charge is -2.06. The molecule has 0 N–H and O–H groups in total. The first kappa shape index (κ1) is 16.9. The topological polar surface area (TPSA) is 95.7 Å². The minimum absolute atomic E-state index is 0.0943. The fourth-order valence-corrected chi connectivity index (χ4v) is 2.28. The largest absolute Gasteiger partial charge is 0.465 e. The van der Waals surface area contributed by atoms with E-state index in [2.05, 4.69) is 4.74 Å². The fourth-order valence-electron chi connectivity index (χ4n) is 1.72. The number of hydrogen-bond acceptors (Lipinski definition) is 6. The highest BCUT2D eigenvalue weighted by Gasteiger charge is 2.17. The van der Waals surface area contributed by atoms with Gasteiger partial charge in [0, 0.05) is 15.7 Å². The third kappa shape index (κ3) is 4.03. The molecular weight excluding hydrogens is 417 g/mol. The van der Waals surface area contributed by atoms with Gasteiger partial charge in [-0.25, -0.2) is 9.59 Å². The fraction of sp³-hybridized carbons (Fsp3) is 0.0667. The molecule has 0 atom stereocenters. The normalized spacial score (nSPS) is 10.0. The minimum Gasteiger partial charge on any atom is -0.465 e. The summed E-state index contributed by atoms with van der Waals surface area (Å²) in [4.78, 5) is 33.7. The summed E-state index contributed by atoms with van der Waals surface area (Å²) in [6, 6.07) is 9.72. The van der Waals surface area contributed by atoms with Crippen molar-refractivity contribution in [1.82, 2.24) is 0 Å². The molecule has 23 heavy (non-hydrogen) atoms. The standard InChI is InChI=1S/C15H10INO6/c1-22-14(18)9-2-5-11(6-3-9)23-15(19)12-8-10(17(20)21)4-7-13(12)16/h2-8H,1H3. The van der Waals surface area contributed by atoms with Crippen molar-refractivity contribution in [3.8, 4) is 5.75 Å². The van der Waals surface area contributed by atoms with Gasteiger partial charge in [-0.05, 0) is 52.9 Å². The minimum atomic E-state index is -0.719. The summed E-state index contributed by atoms with van der Waals surface area (Å²) in [6.07, 6.45) is 0. The highest BCUT2D eigenvalue weighted by atomic mass is 127. The Bertz CT molecular complexity index is 772. The number of esters is 2. The third-order valence-electron chi connectivity index (χ3n) is 2.87. The number of rotatable bonds is 4. The average Bonchev–Trinajstić information content (AvgIpc) is 2.54. The quantitative estimate of drug-likeness (QED) is 0.245. The molecule has 0 aliphatic heterocycles. The lowest BCUT2D eigenvalue weighted by molar-refractivity contribution is -0.384. The van der Waals surface area contributed by atoms with Crippen LogP contribution in [0.25, 0.3) is 0 Å². The molecule has 0 fully saturated rings. The number of benzene rings is 2. The van der Waals surface area contributed by atoms with E-state index in [9.17, 15) is 19.7 Å². The lowest BCUT2D eigenvalue weighted by Crippen LogP contribution is -2.11. The van der Waals surface area contributed by atoms with Crippen LogP contribution in [0.1, 0.15) is 20.7 Å². The van der Waals surface area contributed by atoms with E-state index in [0.29, 0.717) is 9.13 Å². The zero-order valence-corrected chi connectivity index (χ0v) is 14.0. The first-order chi connectivity index (χ1) is 10.9. The van der Waals surface area contributed by atoms with E-state index in [4.69, 9.17) is 4.74 Å². The number of nitro benzene ring substituents is 1. The van der Waals surface area contributed by atoms with Crippen molar-refractivity contribution in [2.24, 2.45) is 0 Å². The van der Waals surface area contributed by atoms with E-state index in [-0.39, 0.29) is 17.0 Å². The van der Waals surface area contributed by atoms with Gasteiger partial charge < -0.3 is 9.47 Å². The van der Waals surface area contributed by atoms with Crippen LogP contribution in [0.4, 0.5) is 5.69 Å². The van der Waals surface area contributed by atoms with Gasteiger partial charge in [-0.15, -0.1) is 0 Å². The molecule has 2 rings (SSSR count). The predicted octanol–water partition coefficient (Wildman–Crippen LogP) is 3.21. The molecule has 0 amide bonds. The molecule has 0 radical (unpaired) electrons. The highest BCUT2D eigenvalue weighted by molar-refractivity contribution is 14.1. The summed E-state index contributed by atoms with van der Waals surface area (Å²) in [7, 11) is 1.26. The van der Waals surface area contributed by atoms with Crippen molar-refractivity contribution in [3.05, 3.63) is 67.3 Å². The molecule has 0 bridgehead atoms. The Labute approximate surface area is 144 Å². The Hall–Kier alpha value is -2.49. The van der Waals surface area contributed by atoms with E-state index in [1.807, 2.05) is 22.6 Å². The smallest absolute Gasteiger partial charge is 0.344 e. The van der Waals surface area contributed by atoms with Crippen LogP contribution in [0.5, 0.6) is 5.75 Å². The molecule has 2 aromatic carbocycles. The molecule has 0 aromatic heterocycles. The number of carbonyl (C=O) groups excluding carboxylic acids is 2. The van der Waals surface area contributed by atoms with Crippen molar-refractivity contribution in [1.29, 1.82) is 0 Å². The van der Waals surface area contributed by atoms with Gasteiger partial charge in [0.15, 0.2) is 0 Å². The third-order valence-corrected chi connectivity index (χ3v) is 3.81. The van der Waals surface area contributed by atoms with Crippen molar-refractivity contribution in [3.63, 3.8) is 0 Å². The maximum atomic E-state index is 12.1. The van der Waals surface area contributed by atoms with E-state index in [1.165, 1.54) is 43.5 Å². The summed E-state index contributed by atoms with van der Waals surface area (Å²) < 4.78 is 10.3. The summed E-state index contributed by atoms with van der Waals surface area (Å²) in [5.41, 5.74) is 0.215. The van der Waals surface area contributed by atoms with Crippen LogP contribution in [0.15, 0.2) is 42.5 Å². The maximum absolute atomic E-state index is 12.1. The van der Waals surface area contributed by atoms with Crippen molar-refractivity contribution in [2.45, 2.75) is 0 Å². The molecule has 0 heterocycles. The number of methoxy groups -OCH3 is 1. The molecule has 0 saturated carbocycles. The Morgan fingerprint density at radius 1 is 1.09 bits per heavy atom. The summed E-state index contributed by atoms with van der Waals surface area (Å²) >= 11 is 1.89. The first-order valence-corrected chi connectivity index (χ1v) is 7.34. The lowest BCUT2D eigenvalue weighted by atomic mass is 10.2. The van der Waals surface area contributed by atoms with Gasteiger partial charge in [0.25, 0.3) is 5.69 Å². The Balaban J connectivity index is 2.20. The molecule has 7 nitrogen and oxygen atoms in total. The second-order valence-corrected chi connectivity index (χ2v) is 5.49. The van der Waals surface area contributed by atoms with E-state index >= 15 is 0 Å². The van der Waals surface area contributed by atoms with Crippen LogP contribution in [-0.2, 0) is 4.74 Å². The van der Waals surface area contributed by atoms with Gasteiger partial charge in [-0.2, -0.15) is 0 Å². The number of nitrogens with zero attached hydrogens (tertiary/aromatic N) is 1. The predicted molar refractivity (Wildman–Crippen MR) is 88.6 cm³/mol. The number of non-ortho nitro benzene ring substituents is 1. The van der Waals surface area contributed by atoms with Crippen LogP contribution in [0.3, 0.4) is 0 Å². The van der Waals surface area contributed by atoms with Gasteiger partial charge in [-0.1, -0.05) is 0 Å². The van der Waals surface area contributed by atoms with Crippen LogP contribution < -0.4 is 4.74 Å². The Morgan fingerprint density at radius 3 is 2.30 bits per heavy atom. The van der Waals surface area contributed by atoms with Crippen LogP contribution in [-0.4, -0.2) is 24.0 Å². The number of ether oxygens (including phenoxy) is 2. The first-order valence-electron chi connectivity index (χ1n) is 6.27. The van der Waals surface area contributed by atoms with Gasteiger partial charge in [0.1, 0.15) is 5.75 Å². The number of hydrogen-bond donors (Lipinski definition) is 0. The molecule has 0 saturated heterocycles. The van der Waals surface area contributed by atoms with Crippen molar-refractivity contribution in [2.75, 3.05) is 7.11 Å². The number of carbonyl (C=O) groups is 2. The second kappa shape index (κ2) is 7.18. The summed E-state index contributed by atoms with van der Waals surface area (Å²) in [5.74, 6) is -1.01. The van der Waals surface area contributed by atoms with Crippen molar-refractivity contribution >= 4 is 40.2 Å². The van der Waals surface area contributed by atoms with Gasteiger partial charge >= 0.3 is 11.9 Å². The number of halogens is 1. The molecule has 118 valence electrons. The van der Waals surface area contributed by atoms with E-state index < -0.39 is 16.9 Å². The molecule has 0 aliphatic carbocycles. The molecule has 2 aromatic rings. The van der Waals surface area contributed by atoms with E-state index in [0.717, 1.165) is 6.07 Å². The van der Waals surface area contributed by atoms with Crippen LogP contribution in [0, 0.1) is 13.7 Å². The Kier molecular flexibility index (Phi) is 5.27. The summed E-state index contributed by atoms with van der Waals surface area (Å²) in [5, 5.41) is 10.8. The zero-order valence-electron chi connectivity index (χ0n) is 11.8. The van der Waals surface area contributed by atoms with E-state index in [1.54, 1.807) is 0 Å². The highest BCUT2D eigenvalue weighted by Crippen LogP contribution is 2.22. The maximum Gasteiger partial charge on any atom is 0.344 e. The van der Waals surface area contributed by atoms with Crippen LogP contribution in [0.2, 0.25) is 0 Å². The molecule has 0 aliphatic rings. The van der Waals surface area contributed by atoms with Gasteiger partial charge in [0.2, 0.25) is 0 Å². The van der Waals surface area contributed by atoms with Crippen molar-refractivity contribution < 1.29 is 24.0 Å². The monoisotopic (exact) mass is 427 g/mol. The molecule has 0 unspecified atom stereocenters. The average molecular weight is 427 g/mol. The SMILES string of the molecule is COC(=O)c1ccc(OC(=O)c2cc([N+](=O)[O-])ccc2I)cc1. The molecule has 0 spiro atoms. The van der Waals surface area contributed by atoms with Gasteiger partial charge in [-0.3, -0.25) is 10.1 Å². The number of nitro groups is 1. The zero-order chi connectivity index (χ0) is 17.0. The molecule has 8 heteroatoms. The summed E-state index contributed by atoms with van der Waals surface area (Å²) in [6.45, 7) is 0. The van der Waals surface area contributed by atoms with Gasteiger partial charge in [0.05, 0.1) is 23.2 Å².